The summed E-state index contributed by atoms with van der Waals surface area (Å²) in [4.78, 5) is 50.3. The molecule has 2 amide bonds. The van der Waals surface area contributed by atoms with E-state index in [0.29, 0.717) is 57.9 Å². The third-order valence-electron chi connectivity index (χ3n) is 8.02. The van der Waals surface area contributed by atoms with Gasteiger partial charge in [-0.2, -0.15) is 0 Å². The number of nitrogen functional groups attached to an aromatic ring is 1. The summed E-state index contributed by atoms with van der Waals surface area (Å²) in [6.45, 7) is 10.0. The fourth-order valence-electron chi connectivity index (χ4n) is 5.59. The number of nitrogens with two attached hydrogens (primary N) is 1. The molecule has 1 aliphatic rings. The Bertz CT molecular complexity index is 1380. The number of benzene rings is 1. The second kappa shape index (κ2) is 16.3. The first kappa shape index (κ1) is 32.3. The second-order valence-electron chi connectivity index (χ2n) is 11.2. The number of unbranched alkanes of at least 4 members (excludes halogenated alkanes) is 1. The van der Waals surface area contributed by atoms with Gasteiger partial charge in [0.2, 0.25) is 11.8 Å². The summed E-state index contributed by atoms with van der Waals surface area (Å²) < 4.78 is 7.76. The molecule has 0 radical (unpaired) electrons. The molecular weight excluding hydrogens is 546 g/mol. The molecule has 3 aromatic rings. The largest absolute Gasteiger partial charge is 0.382 e. The Morgan fingerprint density at radius 2 is 1.72 bits per heavy atom. The zero-order chi connectivity index (χ0) is 30.6. The zero-order valence-corrected chi connectivity index (χ0v) is 25.8. The lowest BCUT2D eigenvalue weighted by molar-refractivity contribution is -0.134. The van der Waals surface area contributed by atoms with Crippen molar-refractivity contribution in [3.8, 4) is 0 Å². The highest BCUT2D eigenvalue weighted by Gasteiger charge is 2.23. The average molecular weight is 594 g/mol. The number of aryl methyl sites for hydroxylation is 1. The molecular formula is C32H47N7O4. The van der Waals surface area contributed by atoms with Crippen molar-refractivity contribution in [2.24, 2.45) is 0 Å². The van der Waals surface area contributed by atoms with Gasteiger partial charge in [0, 0.05) is 89.9 Å². The number of nitrogens with one attached hydrogen (secondary N) is 1. The molecule has 1 fully saturated rings. The van der Waals surface area contributed by atoms with Crippen LogP contribution < -0.4 is 11.1 Å². The predicted molar refractivity (Wildman–Crippen MR) is 169 cm³/mol. The van der Waals surface area contributed by atoms with Crippen LogP contribution in [0.3, 0.4) is 0 Å². The molecule has 0 bridgehead atoms. The lowest BCUT2D eigenvalue weighted by atomic mass is 10.1. The number of ketones is 1. The molecule has 2 aromatic heterocycles. The predicted octanol–water partition coefficient (Wildman–Crippen LogP) is 3.33. The van der Waals surface area contributed by atoms with E-state index in [2.05, 4.69) is 32.8 Å². The summed E-state index contributed by atoms with van der Waals surface area (Å²) in [6.07, 6.45) is 4.88. The highest BCUT2D eigenvalue weighted by atomic mass is 16.5. The minimum Gasteiger partial charge on any atom is -0.382 e. The van der Waals surface area contributed by atoms with E-state index < -0.39 is 0 Å². The highest BCUT2D eigenvalue weighted by molar-refractivity contribution is 6.06. The minimum atomic E-state index is -0.0293. The molecule has 11 heteroatoms. The van der Waals surface area contributed by atoms with Crippen molar-refractivity contribution < 1.29 is 19.1 Å². The quantitative estimate of drug-likeness (QED) is 0.228. The van der Waals surface area contributed by atoms with Crippen molar-refractivity contribution in [1.82, 2.24) is 29.7 Å². The number of piperazine rings is 1. The summed E-state index contributed by atoms with van der Waals surface area (Å²) in [5, 5.41) is 3.79. The van der Waals surface area contributed by atoms with Crippen LogP contribution in [-0.2, 0) is 32.1 Å². The number of nitrogens with zero attached hydrogens (tertiary/aromatic N) is 5. The molecule has 1 aromatic carbocycles. The van der Waals surface area contributed by atoms with Crippen molar-refractivity contribution >= 4 is 45.4 Å². The minimum absolute atomic E-state index is 0.0293. The fraction of sp³-hybridized carbons (Fsp3) is 0.594. The van der Waals surface area contributed by atoms with Crippen molar-refractivity contribution in [3.05, 3.63) is 30.1 Å². The van der Waals surface area contributed by atoms with Crippen molar-refractivity contribution in [2.45, 2.75) is 71.8 Å². The summed E-state index contributed by atoms with van der Waals surface area (Å²) in [6, 6.07) is 8.08. The first-order valence-electron chi connectivity index (χ1n) is 15.8. The van der Waals surface area contributed by atoms with Gasteiger partial charge in [-0.05, 0) is 25.8 Å². The maximum Gasteiger partial charge on any atom is 0.223 e. The van der Waals surface area contributed by atoms with E-state index in [-0.39, 0.29) is 30.4 Å². The molecule has 1 saturated heterocycles. The van der Waals surface area contributed by atoms with E-state index in [1.165, 1.54) is 0 Å². The van der Waals surface area contributed by atoms with Crippen LogP contribution in [0.2, 0.25) is 0 Å². The first-order valence-corrected chi connectivity index (χ1v) is 15.8. The number of amides is 2. The number of rotatable bonds is 17. The van der Waals surface area contributed by atoms with Crippen molar-refractivity contribution in [2.75, 3.05) is 58.2 Å². The SMILES string of the molecule is CCCCc1nc2c(N)nc3ccccc3c2n1CCN1CCN(C(=O)CCC(=O)CCCOCCC(=O)NCC)CC1. The number of anilines is 1. The van der Waals surface area contributed by atoms with Gasteiger partial charge in [0.05, 0.1) is 17.6 Å². The molecule has 3 heterocycles. The number of carbonyl (C=O) groups is 3. The third kappa shape index (κ3) is 8.96. The molecule has 0 atom stereocenters. The summed E-state index contributed by atoms with van der Waals surface area (Å²) in [5.41, 5.74) is 9.05. The number of ether oxygens (including phenoxy) is 1. The Balaban J connectivity index is 1.22. The number of pyridine rings is 1. The monoisotopic (exact) mass is 593 g/mol. The van der Waals surface area contributed by atoms with E-state index >= 15 is 0 Å². The molecule has 3 N–H and O–H groups in total. The number of Topliss-reactive ketones (excluding diaryl/α,β-unsaturated/α-hetero) is 1. The normalized spacial score (nSPS) is 14.0. The zero-order valence-electron chi connectivity index (χ0n) is 25.8. The van der Waals surface area contributed by atoms with Crippen LogP contribution in [-0.4, -0.2) is 94.4 Å². The Labute approximate surface area is 254 Å². The lowest BCUT2D eigenvalue weighted by Crippen LogP contribution is -2.49. The number of aromatic nitrogens is 3. The summed E-state index contributed by atoms with van der Waals surface area (Å²) >= 11 is 0. The number of carbonyl (C=O) groups excluding carboxylic acids is 3. The number of imidazole rings is 1. The number of hydrogen-bond donors (Lipinski definition) is 2. The second-order valence-corrected chi connectivity index (χ2v) is 11.2. The number of para-hydroxylation sites is 1. The molecule has 0 unspecified atom stereocenters. The van der Waals surface area contributed by atoms with E-state index in [4.69, 9.17) is 15.5 Å². The van der Waals surface area contributed by atoms with Gasteiger partial charge in [0.1, 0.15) is 17.1 Å². The van der Waals surface area contributed by atoms with E-state index in [0.717, 1.165) is 73.2 Å². The fourth-order valence-corrected chi connectivity index (χ4v) is 5.59. The Hall–Kier alpha value is -3.57. The van der Waals surface area contributed by atoms with Crippen LogP contribution in [0.5, 0.6) is 0 Å². The van der Waals surface area contributed by atoms with Gasteiger partial charge in [-0.15, -0.1) is 0 Å². The topological polar surface area (TPSA) is 136 Å². The Kier molecular flexibility index (Phi) is 12.3. The summed E-state index contributed by atoms with van der Waals surface area (Å²) in [5.74, 6) is 1.61. The summed E-state index contributed by atoms with van der Waals surface area (Å²) in [7, 11) is 0. The van der Waals surface area contributed by atoms with Gasteiger partial charge >= 0.3 is 0 Å². The van der Waals surface area contributed by atoms with Gasteiger partial charge < -0.3 is 25.3 Å². The maximum absolute atomic E-state index is 12.8. The number of fused-ring (bicyclic) bond motifs is 3. The van der Waals surface area contributed by atoms with Crippen LogP contribution in [0.15, 0.2) is 24.3 Å². The Morgan fingerprint density at radius 3 is 2.49 bits per heavy atom. The molecule has 234 valence electrons. The standard InChI is InChI=1S/C32H47N7O4/c1-3-5-12-27-36-30-31(25-10-6-7-11-26(25)35-32(30)33)39(27)21-18-37-16-19-38(20-17-37)29(42)14-13-24(40)9-8-22-43-23-15-28(41)34-4-2/h6-7,10-11H,3-5,8-9,12-23H2,1-2H3,(H2,33,35)(H,34,41). The van der Waals surface area contributed by atoms with E-state index in [1.807, 2.05) is 30.0 Å². The molecule has 4 rings (SSSR count). The van der Waals surface area contributed by atoms with Gasteiger partial charge in [-0.1, -0.05) is 31.5 Å². The maximum atomic E-state index is 12.8. The van der Waals surface area contributed by atoms with E-state index in [1.54, 1.807) is 0 Å². The molecule has 1 aliphatic heterocycles. The average Bonchev–Trinajstić information content (AvgIpc) is 3.39. The van der Waals surface area contributed by atoms with Crippen LogP contribution >= 0.6 is 0 Å². The molecule has 0 saturated carbocycles. The van der Waals surface area contributed by atoms with E-state index in [9.17, 15) is 14.4 Å². The van der Waals surface area contributed by atoms with Gasteiger partial charge in [0.15, 0.2) is 5.82 Å². The highest BCUT2D eigenvalue weighted by Crippen LogP contribution is 2.29. The van der Waals surface area contributed by atoms with Gasteiger partial charge in [0.25, 0.3) is 0 Å². The van der Waals surface area contributed by atoms with Crippen LogP contribution in [0.1, 0.15) is 64.6 Å². The third-order valence-corrected chi connectivity index (χ3v) is 8.02. The van der Waals surface area contributed by atoms with Crippen LogP contribution in [0.4, 0.5) is 5.82 Å². The first-order chi connectivity index (χ1) is 20.9. The lowest BCUT2D eigenvalue weighted by Gasteiger charge is -2.35. The molecule has 0 aliphatic carbocycles. The van der Waals surface area contributed by atoms with Crippen LogP contribution in [0.25, 0.3) is 21.9 Å². The smallest absolute Gasteiger partial charge is 0.223 e. The number of hydrogen-bond acceptors (Lipinski definition) is 8. The van der Waals surface area contributed by atoms with Crippen LogP contribution in [0, 0.1) is 0 Å². The van der Waals surface area contributed by atoms with Crippen molar-refractivity contribution in [1.29, 1.82) is 0 Å². The Morgan fingerprint density at radius 1 is 0.930 bits per heavy atom. The molecule has 43 heavy (non-hydrogen) atoms. The van der Waals surface area contributed by atoms with Gasteiger partial charge in [-0.3, -0.25) is 19.3 Å². The van der Waals surface area contributed by atoms with Crippen molar-refractivity contribution in [3.63, 3.8) is 0 Å². The molecule has 11 nitrogen and oxygen atoms in total. The van der Waals surface area contributed by atoms with Gasteiger partial charge in [-0.25, -0.2) is 9.97 Å². The molecule has 0 spiro atoms.